The van der Waals surface area contributed by atoms with Crippen molar-refractivity contribution in [1.29, 1.82) is 0 Å². The number of aryl methyl sites for hydroxylation is 1. The third kappa shape index (κ3) is 4.99. The predicted molar refractivity (Wildman–Crippen MR) is 108 cm³/mol. The maximum atomic E-state index is 5.87. The molecule has 0 aliphatic carbocycles. The summed E-state index contributed by atoms with van der Waals surface area (Å²) in [6.07, 6.45) is 0. The number of benzene rings is 1. The van der Waals surface area contributed by atoms with Crippen LogP contribution in [0.4, 0.5) is 0 Å². The van der Waals surface area contributed by atoms with Gasteiger partial charge in [-0.25, -0.2) is 0 Å². The molecule has 146 valence electrons. The number of hydrogen-bond donors (Lipinski definition) is 0. The molecule has 0 N–H and O–H groups in total. The van der Waals surface area contributed by atoms with Gasteiger partial charge in [0.05, 0.1) is 13.2 Å². The van der Waals surface area contributed by atoms with Gasteiger partial charge >= 0.3 is 0 Å². The van der Waals surface area contributed by atoms with Crippen molar-refractivity contribution in [3.8, 4) is 11.3 Å². The van der Waals surface area contributed by atoms with Gasteiger partial charge < -0.3 is 9.15 Å². The molecular weight excluding hydrogens is 338 g/mol. The van der Waals surface area contributed by atoms with Gasteiger partial charge in [-0.15, -0.1) is 0 Å². The molecule has 0 unspecified atom stereocenters. The molecule has 1 aromatic carbocycles. The number of nitrogens with zero attached hydrogens (tertiary/aromatic N) is 3. The summed E-state index contributed by atoms with van der Waals surface area (Å²) in [6, 6.07) is 12.8. The van der Waals surface area contributed by atoms with Crippen molar-refractivity contribution in [3.05, 3.63) is 47.7 Å². The van der Waals surface area contributed by atoms with E-state index in [4.69, 9.17) is 9.15 Å². The van der Waals surface area contributed by atoms with Crippen LogP contribution in [0.15, 0.2) is 40.8 Å². The van der Waals surface area contributed by atoms with E-state index in [1.54, 1.807) is 0 Å². The number of furan rings is 1. The van der Waals surface area contributed by atoms with Crippen LogP contribution in [-0.2, 0) is 11.3 Å². The normalized spacial score (nSPS) is 20.2. The molecule has 0 radical (unpaired) electrons. The molecule has 5 nitrogen and oxygen atoms in total. The van der Waals surface area contributed by atoms with Gasteiger partial charge in [0.15, 0.2) is 0 Å². The van der Waals surface area contributed by atoms with Crippen molar-refractivity contribution < 1.29 is 9.15 Å². The zero-order valence-corrected chi connectivity index (χ0v) is 16.4. The van der Waals surface area contributed by atoms with Gasteiger partial charge in [0.1, 0.15) is 11.5 Å². The molecule has 0 atom stereocenters. The lowest BCUT2D eigenvalue weighted by atomic mass is 10.0. The number of morpholine rings is 1. The van der Waals surface area contributed by atoms with Crippen LogP contribution in [0.1, 0.15) is 11.3 Å². The summed E-state index contributed by atoms with van der Waals surface area (Å²) < 4.78 is 11.3. The van der Waals surface area contributed by atoms with Crippen molar-refractivity contribution in [2.75, 3.05) is 65.6 Å². The van der Waals surface area contributed by atoms with E-state index in [-0.39, 0.29) is 0 Å². The molecule has 2 aromatic rings. The highest BCUT2D eigenvalue weighted by atomic mass is 16.5. The minimum atomic E-state index is 0.891. The Balaban J connectivity index is 1.28. The standard InChI is InChI=1S/C22H31N3O2/c1-19-6-7-22(27-19)21-5-3-2-4-20(21)18-25-12-10-23(11-13-25)8-9-24-14-16-26-17-15-24/h2-7H,8-18H2,1H3. The van der Waals surface area contributed by atoms with Crippen molar-refractivity contribution in [3.63, 3.8) is 0 Å². The smallest absolute Gasteiger partial charge is 0.134 e. The minimum absolute atomic E-state index is 0.891. The Labute approximate surface area is 162 Å². The van der Waals surface area contributed by atoms with E-state index < -0.39 is 0 Å². The zero-order valence-electron chi connectivity index (χ0n) is 16.4. The average Bonchev–Trinajstić information content (AvgIpc) is 3.15. The second kappa shape index (κ2) is 9.02. The molecule has 0 bridgehead atoms. The van der Waals surface area contributed by atoms with Crippen LogP contribution >= 0.6 is 0 Å². The quantitative estimate of drug-likeness (QED) is 0.782. The zero-order chi connectivity index (χ0) is 18.5. The first-order valence-electron chi connectivity index (χ1n) is 10.2. The Kier molecular flexibility index (Phi) is 6.24. The van der Waals surface area contributed by atoms with Crippen LogP contribution < -0.4 is 0 Å². The van der Waals surface area contributed by atoms with Crippen LogP contribution in [0.3, 0.4) is 0 Å². The van der Waals surface area contributed by atoms with Crippen LogP contribution in [-0.4, -0.2) is 80.3 Å². The first-order chi connectivity index (χ1) is 13.3. The summed E-state index contributed by atoms with van der Waals surface area (Å²) in [6.45, 7) is 13.9. The molecule has 0 amide bonds. The third-order valence-electron chi connectivity index (χ3n) is 5.72. The maximum absolute atomic E-state index is 5.87. The molecule has 3 heterocycles. The Morgan fingerprint density at radius 3 is 2.15 bits per heavy atom. The maximum Gasteiger partial charge on any atom is 0.134 e. The molecule has 0 spiro atoms. The summed E-state index contributed by atoms with van der Waals surface area (Å²) in [4.78, 5) is 7.70. The molecule has 2 saturated heterocycles. The summed E-state index contributed by atoms with van der Waals surface area (Å²) in [7, 11) is 0. The summed E-state index contributed by atoms with van der Waals surface area (Å²) in [5.41, 5.74) is 2.58. The molecule has 2 aliphatic heterocycles. The fourth-order valence-electron chi connectivity index (χ4n) is 4.00. The largest absolute Gasteiger partial charge is 0.461 e. The van der Waals surface area contributed by atoms with Crippen LogP contribution in [0.2, 0.25) is 0 Å². The second-order valence-corrected chi connectivity index (χ2v) is 7.64. The third-order valence-corrected chi connectivity index (χ3v) is 5.72. The van der Waals surface area contributed by atoms with Crippen LogP contribution in [0, 0.1) is 6.92 Å². The molecule has 27 heavy (non-hydrogen) atoms. The Morgan fingerprint density at radius 1 is 0.778 bits per heavy atom. The number of piperazine rings is 1. The van der Waals surface area contributed by atoms with E-state index in [1.807, 2.05) is 13.0 Å². The van der Waals surface area contributed by atoms with Gasteiger partial charge in [0, 0.05) is 64.5 Å². The molecule has 5 heteroatoms. The topological polar surface area (TPSA) is 32.1 Å². The molecule has 2 fully saturated rings. The Bertz CT molecular complexity index is 716. The van der Waals surface area contributed by atoms with Crippen molar-refractivity contribution in [2.45, 2.75) is 13.5 Å². The monoisotopic (exact) mass is 369 g/mol. The Morgan fingerprint density at radius 2 is 1.44 bits per heavy atom. The lowest BCUT2D eigenvalue weighted by molar-refractivity contribution is 0.0297. The first-order valence-corrected chi connectivity index (χ1v) is 10.2. The van der Waals surface area contributed by atoms with E-state index in [0.29, 0.717) is 0 Å². The molecule has 1 aromatic heterocycles. The average molecular weight is 370 g/mol. The SMILES string of the molecule is Cc1ccc(-c2ccccc2CN2CCN(CCN3CCOCC3)CC2)o1. The van der Waals surface area contributed by atoms with E-state index in [2.05, 4.69) is 45.0 Å². The van der Waals surface area contributed by atoms with Crippen molar-refractivity contribution >= 4 is 0 Å². The van der Waals surface area contributed by atoms with E-state index in [1.165, 1.54) is 24.2 Å². The molecule has 4 rings (SSSR count). The fourth-order valence-corrected chi connectivity index (χ4v) is 4.00. The van der Waals surface area contributed by atoms with E-state index in [0.717, 1.165) is 70.5 Å². The van der Waals surface area contributed by atoms with Gasteiger partial charge in [-0.05, 0) is 24.6 Å². The lowest BCUT2D eigenvalue weighted by Gasteiger charge is -2.36. The van der Waals surface area contributed by atoms with Gasteiger partial charge in [-0.1, -0.05) is 24.3 Å². The number of ether oxygens (including phenoxy) is 1. The lowest BCUT2D eigenvalue weighted by Crippen LogP contribution is -2.49. The van der Waals surface area contributed by atoms with Crippen LogP contribution in [0.25, 0.3) is 11.3 Å². The number of hydrogen-bond acceptors (Lipinski definition) is 5. The molecular formula is C22H31N3O2. The highest BCUT2D eigenvalue weighted by molar-refractivity contribution is 5.62. The van der Waals surface area contributed by atoms with Crippen molar-refractivity contribution in [1.82, 2.24) is 14.7 Å². The summed E-state index contributed by atoms with van der Waals surface area (Å²) >= 11 is 0. The molecule has 0 saturated carbocycles. The predicted octanol–water partition coefficient (Wildman–Crippen LogP) is 2.70. The van der Waals surface area contributed by atoms with Gasteiger partial charge in [-0.3, -0.25) is 14.7 Å². The molecule has 2 aliphatic rings. The summed E-state index contributed by atoms with van der Waals surface area (Å²) in [5.74, 6) is 1.95. The highest BCUT2D eigenvalue weighted by Gasteiger charge is 2.19. The highest BCUT2D eigenvalue weighted by Crippen LogP contribution is 2.26. The van der Waals surface area contributed by atoms with Gasteiger partial charge in [-0.2, -0.15) is 0 Å². The minimum Gasteiger partial charge on any atom is -0.461 e. The fraction of sp³-hybridized carbons (Fsp3) is 0.545. The second-order valence-electron chi connectivity index (χ2n) is 7.64. The van der Waals surface area contributed by atoms with Gasteiger partial charge in [0.25, 0.3) is 0 Å². The number of rotatable bonds is 6. The Hall–Kier alpha value is -1.66. The summed E-state index contributed by atoms with van der Waals surface area (Å²) in [5, 5.41) is 0. The van der Waals surface area contributed by atoms with Gasteiger partial charge in [0.2, 0.25) is 0 Å². The van der Waals surface area contributed by atoms with E-state index >= 15 is 0 Å². The first kappa shape index (κ1) is 18.7. The van der Waals surface area contributed by atoms with Crippen LogP contribution in [0.5, 0.6) is 0 Å². The van der Waals surface area contributed by atoms with E-state index in [9.17, 15) is 0 Å². The van der Waals surface area contributed by atoms with Crippen molar-refractivity contribution in [2.24, 2.45) is 0 Å².